The SMILES string of the molecule is CN(CC(=O)NCc1ccccc1)c1nnnn1C. The lowest BCUT2D eigenvalue weighted by Crippen LogP contribution is -2.35. The largest absolute Gasteiger partial charge is 0.350 e. The van der Waals surface area contributed by atoms with Crippen LogP contribution in [-0.2, 0) is 18.4 Å². The molecule has 0 bridgehead atoms. The van der Waals surface area contributed by atoms with Crippen LogP contribution in [0.5, 0.6) is 0 Å². The lowest BCUT2D eigenvalue weighted by Gasteiger charge is -2.15. The van der Waals surface area contributed by atoms with Crippen LogP contribution in [0.2, 0.25) is 0 Å². The zero-order valence-electron chi connectivity index (χ0n) is 10.9. The van der Waals surface area contributed by atoms with Gasteiger partial charge in [0.1, 0.15) is 0 Å². The third-order valence-corrected chi connectivity index (χ3v) is 2.65. The predicted molar refractivity (Wildman–Crippen MR) is 70.4 cm³/mol. The second kappa shape index (κ2) is 5.94. The van der Waals surface area contributed by atoms with E-state index >= 15 is 0 Å². The van der Waals surface area contributed by atoms with Gasteiger partial charge in [0.2, 0.25) is 11.9 Å². The molecule has 0 radical (unpaired) electrons. The van der Waals surface area contributed by atoms with Gasteiger partial charge in [-0.15, -0.1) is 0 Å². The van der Waals surface area contributed by atoms with Crippen LogP contribution < -0.4 is 10.2 Å². The molecule has 0 unspecified atom stereocenters. The molecule has 0 aliphatic heterocycles. The first-order chi connectivity index (χ1) is 9.16. The minimum absolute atomic E-state index is 0.0747. The first-order valence-corrected chi connectivity index (χ1v) is 5.91. The zero-order valence-corrected chi connectivity index (χ0v) is 10.9. The third-order valence-electron chi connectivity index (χ3n) is 2.65. The molecular formula is C12H16N6O. The first-order valence-electron chi connectivity index (χ1n) is 5.91. The van der Waals surface area contributed by atoms with Gasteiger partial charge in [-0.25, -0.2) is 4.68 Å². The molecule has 0 spiro atoms. The summed E-state index contributed by atoms with van der Waals surface area (Å²) in [4.78, 5) is 13.5. The summed E-state index contributed by atoms with van der Waals surface area (Å²) in [7, 11) is 3.50. The number of carbonyl (C=O) groups is 1. The number of anilines is 1. The molecule has 1 amide bonds. The van der Waals surface area contributed by atoms with Crippen LogP contribution >= 0.6 is 0 Å². The van der Waals surface area contributed by atoms with E-state index in [-0.39, 0.29) is 12.5 Å². The highest BCUT2D eigenvalue weighted by atomic mass is 16.2. The van der Waals surface area contributed by atoms with Crippen LogP contribution in [0.4, 0.5) is 5.95 Å². The van der Waals surface area contributed by atoms with Crippen molar-refractivity contribution < 1.29 is 4.79 Å². The molecule has 1 aromatic heterocycles. The molecule has 1 aromatic carbocycles. The summed E-state index contributed by atoms with van der Waals surface area (Å²) in [6.45, 7) is 0.728. The van der Waals surface area contributed by atoms with Crippen molar-refractivity contribution in [3.05, 3.63) is 35.9 Å². The Bertz CT molecular complexity index is 538. The fraction of sp³-hybridized carbons (Fsp3) is 0.333. The van der Waals surface area contributed by atoms with Crippen molar-refractivity contribution in [1.82, 2.24) is 25.5 Å². The number of aryl methyl sites for hydroxylation is 1. The Kier molecular flexibility index (Phi) is 4.07. The second-order valence-corrected chi connectivity index (χ2v) is 4.22. The smallest absolute Gasteiger partial charge is 0.245 e. The highest BCUT2D eigenvalue weighted by Gasteiger charge is 2.12. The van der Waals surface area contributed by atoms with Gasteiger partial charge in [-0.1, -0.05) is 35.4 Å². The molecule has 1 heterocycles. The van der Waals surface area contributed by atoms with Gasteiger partial charge in [0.25, 0.3) is 0 Å². The first kappa shape index (κ1) is 13.0. The molecule has 0 atom stereocenters. The van der Waals surface area contributed by atoms with Gasteiger partial charge in [0.15, 0.2) is 0 Å². The lowest BCUT2D eigenvalue weighted by atomic mass is 10.2. The third kappa shape index (κ3) is 3.51. The Hall–Kier alpha value is -2.44. The number of likely N-dealkylation sites (N-methyl/N-ethyl adjacent to an activating group) is 1. The summed E-state index contributed by atoms with van der Waals surface area (Å²) in [6, 6.07) is 9.77. The molecule has 2 rings (SSSR count). The quantitative estimate of drug-likeness (QED) is 0.816. The van der Waals surface area contributed by atoms with Crippen molar-refractivity contribution in [2.24, 2.45) is 7.05 Å². The van der Waals surface area contributed by atoms with Gasteiger partial charge in [0.05, 0.1) is 6.54 Å². The molecule has 0 fully saturated rings. The molecule has 7 heteroatoms. The van der Waals surface area contributed by atoms with E-state index in [2.05, 4.69) is 20.8 Å². The maximum atomic E-state index is 11.8. The number of amides is 1. The van der Waals surface area contributed by atoms with Crippen LogP contribution in [0.15, 0.2) is 30.3 Å². The molecule has 2 aromatic rings. The number of carbonyl (C=O) groups excluding carboxylic acids is 1. The van der Waals surface area contributed by atoms with Crippen LogP contribution in [0.3, 0.4) is 0 Å². The standard InChI is InChI=1S/C12H16N6O/c1-17(12-14-15-16-18(12)2)9-11(19)13-8-10-6-4-3-5-7-10/h3-7H,8-9H2,1-2H3,(H,13,19). The molecule has 19 heavy (non-hydrogen) atoms. The monoisotopic (exact) mass is 260 g/mol. The summed E-state index contributed by atoms with van der Waals surface area (Å²) in [5, 5.41) is 13.9. The molecule has 0 saturated heterocycles. The van der Waals surface area contributed by atoms with E-state index in [4.69, 9.17) is 0 Å². The molecule has 0 saturated carbocycles. The number of nitrogens with one attached hydrogen (secondary N) is 1. The zero-order chi connectivity index (χ0) is 13.7. The van der Waals surface area contributed by atoms with Crippen LogP contribution in [-0.4, -0.2) is 39.7 Å². The maximum absolute atomic E-state index is 11.8. The number of hydrogen-bond donors (Lipinski definition) is 1. The molecule has 0 aliphatic carbocycles. The molecule has 0 aliphatic rings. The molecule has 7 nitrogen and oxygen atoms in total. The topological polar surface area (TPSA) is 75.9 Å². The molecular weight excluding hydrogens is 244 g/mol. The summed E-state index contributed by atoms with van der Waals surface area (Å²) < 4.78 is 1.52. The Morgan fingerprint density at radius 3 is 2.74 bits per heavy atom. The Morgan fingerprint density at radius 2 is 2.11 bits per heavy atom. The summed E-state index contributed by atoms with van der Waals surface area (Å²) >= 11 is 0. The van der Waals surface area contributed by atoms with E-state index in [0.29, 0.717) is 12.5 Å². The van der Waals surface area contributed by atoms with E-state index in [1.165, 1.54) is 4.68 Å². The number of nitrogens with zero attached hydrogens (tertiary/aromatic N) is 5. The average molecular weight is 260 g/mol. The van der Waals surface area contributed by atoms with Crippen LogP contribution in [0.25, 0.3) is 0 Å². The minimum Gasteiger partial charge on any atom is -0.350 e. The Morgan fingerprint density at radius 1 is 1.37 bits per heavy atom. The van der Waals surface area contributed by atoms with E-state index < -0.39 is 0 Å². The lowest BCUT2D eigenvalue weighted by molar-refractivity contribution is -0.119. The summed E-state index contributed by atoms with van der Waals surface area (Å²) in [6.07, 6.45) is 0. The Labute approximate surface area is 111 Å². The predicted octanol–water partition coefficient (Wildman–Crippen LogP) is -0.0373. The minimum atomic E-state index is -0.0747. The van der Waals surface area contributed by atoms with Crippen molar-refractivity contribution in [3.63, 3.8) is 0 Å². The van der Waals surface area contributed by atoms with Gasteiger partial charge < -0.3 is 10.2 Å². The maximum Gasteiger partial charge on any atom is 0.245 e. The number of aromatic nitrogens is 4. The normalized spacial score (nSPS) is 10.2. The second-order valence-electron chi connectivity index (χ2n) is 4.22. The van der Waals surface area contributed by atoms with Gasteiger partial charge in [-0.3, -0.25) is 4.79 Å². The van der Waals surface area contributed by atoms with E-state index in [1.807, 2.05) is 30.3 Å². The fourth-order valence-corrected chi connectivity index (χ4v) is 1.69. The Balaban J connectivity index is 1.83. The van der Waals surface area contributed by atoms with Crippen LogP contribution in [0.1, 0.15) is 5.56 Å². The van der Waals surface area contributed by atoms with Gasteiger partial charge in [0, 0.05) is 20.6 Å². The fourth-order valence-electron chi connectivity index (χ4n) is 1.69. The van der Waals surface area contributed by atoms with Gasteiger partial charge in [-0.05, 0) is 16.0 Å². The van der Waals surface area contributed by atoms with Crippen molar-refractivity contribution in [2.75, 3.05) is 18.5 Å². The molecule has 100 valence electrons. The van der Waals surface area contributed by atoms with E-state index in [0.717, 1.165) is 5.56 Å². The van der Waals surface area contributed by atoms with Crippen molar-refractivity contribution in [3.8, 4) is 0 Å². The van der Waals surface area contributed by atoms with Crippen LogP contribution in [0, 0.1) is 0 Å². The number of benzene rings is 1. The van der Waals surface area contributed by atoms with Gasteiger partial charge >= 0.3 is 0 Å². The van der Waals surface area contributed by atoms with Crippen molar-refractivity contribution in [2.45, 2.75) is 6.54 Å². The number of tetrazole rings is 1. The van der Waals surface area contributed by atoms with Crippen molar-refractivity contribution >= 4 is 11.9 Å². The highest BCUT2D eigenvalue weighted by Crippen LogP contribution is 2.03. The molecule has 1 N–H and O–H groups in total. The average Bonchev–Trinajstić information content (AvgIpc) is 2.84. The highest BCUT2D eigenvalue weighted by molar-refractivity contribution is 5.80. The summed E-state index contributed by atoms with van der Waals surface area (Å²) in [5.41, 5.74) is 1.07. The summed E-state index contributed by atoms with van der Waals surface area (Å²) in [5.74, 6) is 0.476. The van der Waals surface area contributed by atoms with Gasteiger partial charge in [-0.2, -0.15) is 0 Å². The van der Waals surface area contributed by atoms with Crippen molar-refractivity contribution in [1.29, 1.82) is 0 Å². The number of rotatable bonds is 5. The van der Waals surface area contributed by atoms with E-state index in [1.54, 1.807) is 19.0 Å². The number of hydrogen-bond acceptors (Lipinski definition) is 5. The van der Waals surface area contributed by atoms with E-state index in [9.17, 15) is 4.79 Å².